The van der Waals surface area contributed by atoms with Gasteiger partial charge >= 0.3 is 0 Å². The van der Waals surface area contributed by atoms with Gasteiger partial charge in [-0.25, -0.2) is 13.1 Å². The van der Waals surface area contributed by atoms with Crippen LogP contribution in [-0.4, -0.2) is 14.5 Å². The second-order valence-electron chi connectivity index (χ2n) is 5.74. The van der Waals surface area contributed by atoms with E-state index in [-0.39, 0.29) is 6.04 Å². The number of nitrogens with one attached hydrogen (secondary N) is 1. The Morgan fingerprint density at radius 2 is 1.77 bits per heavy atom. The van der Waals surface area contributed by atoms with Crippen molar-refractivity contribution in [3.8, 4) is 12.3 Å². The lowest BCUT2D eigenvalue weighted by Gasteiger charge is -2.16. The third-order valence-corrected chi connectivity index (χ3v) is 5.21. The summed E-state index contributed by atoms with van der Waals surface area (Å²) in [5.41, 5.74) is 1.04. The van der Waals surface area contributed by atoms with E-state index in [2.05, 4.69) is 17.6 Å². The van der Waals surface area contributed by atoms with Crippen molar-refractivity contribution in [1.82, 2.24) is 4.72 Å². The SMILES string of the molecule is C#CCC(CCCCCCC)NS(=O)(=O)c1ccc(C)cc1. The van der Waals surface area contributed by atoms with E-state index in [1.54, 1.807) is 24.3 Å². The molecule has 0 aliphatic rings. The van der Waals surface area contributed by atoms with Crippen LogP contribution in [0.2, 0.25) is 0 Å². The maximum atomic E-state index is 12.4. The molecule has 0 amide bonds. The zero-order valence-electron chi connectivity index (χ0n) is 13.6. The molecule has 22 heavy (non-hydrogen) atoms. The van der Waals surface area contributed by atoms with E-state index in [1.165, 1.54) is 19.3 Å². The molecule has 0 spiro atoms. The Balaban J connectivity index is 2.61. The Kier molecular flexibility index (Phi) is 8.22. The van der Waals surface area contributed by atoms with Crippen LogP contribution >= 0.6 is 0 Å². The lowest BCUT2D eigenvalue weighted by Crippen LogP contribution is -2.34. The van der Waals surface area contributed by atoms with Crippen molar-refractivity contribution in [2.24, 2.45) is 0 Å². The van der Waals surface area contributed by atoms with Crippen molar-refractivity contribution in [3.63, 3.8) is 0 Å². The van der Waals surface area contributed by atoms with Crippen molar-refractivity contribution >= 4 is 10.0 Å². The summed E-state index contributed by atoms with van der Waals surface area (Å²) in [7, 11) is -3.49. The monoisotopic (exact) mass is 321 g/mol. The van der Waals surface area contributed by atoms with Gasteiger partial charge in [0, 0.05) is 12.5 Å². The lowest BCUT2D eigenvalue weighted by atomic mass is 10.1. The number of terminal acetylenes is 1. The zero-order valence-corrected chi connectivity index (χ0v) is 14.5. The highest BCUT2D eigenvalue weighted by Gasteiger charge is 2.19. The first-order valence-electron chi connectivity index (χ1n) is 8.02. The van der Waals surface area contributed by atoms with E-state index in [0.29, 0.717) is 11.3 Å². The Morgan fingerprint density at radius 3 is 2.36 bits per heavy atom. The first kappa shape index (κ1) is 18.7. The third-order valence-electron chi connectivity index (χ3n) is 3.67. The van der Waals surface area contributed by atoms with Gasteiger partial charge in [0.2, 0.25) is 10.0 Å². The van der Waals surface area contributed by atoms with Crippen LogP contribution < -0.4 is 4.72 Å². The molecule has 1 aromatic carbocycles. The van der Waals surface area contributed by atoms with E-state index < -0.39 is 10.0 Å². The van der Waals surface area contributed by atoms with Crippen molar-refractivity contribution < 1.29 is 8.42 Å². The normalized spacial score (nSPS) is 12.8. The van der Waals surface area contributed by atoms with E-state index in [4.69, 9.17) is 6.42 Å². The van der Waals surface area contributed by atoms with Gasteiger partial charge in [-0.15, -0.1) is 12.3 Å². The van der Waals surface area contributed by atoms with E-state index in [9.17, 15) is 8.42 Å². The fraction of sp³-hybridized carbons (Fsp3) is 0.556. The molecule has 0 aromatic heterocycles. The van der Waals surface area contributed by atoms with Crippen LogP contribution in [0.1, 0.15) is 57.4 Å². The molecule has 0 heterocycles. The number of sulfonamides is 1. The van der Waals surface area contributed by atoms with Crippen LogP contribution in [-0.2, 0) is 10.0 Å². The number of hydrogen-bond donors (Lipinski definition) is 1. The maximum absolute atomic E-state index is 12.4. The summed E-state index contributed by atoms with van der Waals surface area (Å²) < 4.78 is 27.5. The molecule has 1 aromatic rings. The Morgan fingerprint density at radius 1 is 1.14 bits per heavy atom. The molecular formula is C18H27NO2S. The van der Waals surface area contributed by atoms with Crippen molar-refractivity contribution in [1.29, 1.82) is 0 Å². The van der Waals surface area contributed by atoms with Gasteiger partial charge in [-0.2, -0.15) is 0 Å². The topological polar surface area (TPSA) is 46.2 Å². The Bertz CT molecular complexity index is 570. The lowest BCUT2D eigenvalue weighted by molar-refractivity contribution is 0.502. The minimum absolute atomic E-state index is 0.182. The average Bonchev–Trinajstić information content (AvgIpc) is 2.47. The second kappa shape index (κ2) is 9.66. The molecule has 3 nitrogen and oxygen atoms in total. The number of hydrogen-bond acceptors (Lipinski definition) is 2. The molecule has 1 unspecified atom stereocenters. The molecule has 0 radical (unpaired) electrons. The molecule has 1 N–H and O–H groups in total. The molecular weight excluding hydrogens is 294 g/mol. The average molecular weight is 321 g/mol. The number of unbranched alkanes of at least 4 members (excludes halogenated alkanes) is 4. The molecule has 1 rings (SSSR count). The van der Waals surface area contributed by atoms with Gasteiger partial charge in [0.15, 0.2) is 0 Å². The second-order valence-corrected chi connectivity index (χ2v) is 7.46. The van der Waals surface area contributed by atoms with Gasteiger partial charge in [-0.1, -0.05) is 56.7 Å². The summed E-state index contributed by atoms with van der Waals surface area (Å²) in [6.07, 6.45) is 12.4. The number of rotatable bonds is 10. The molecule has 122 valence electrons. The van der Waals surface area contributed by atoms with E-state index in [0.717, 1.165) is 24.8 Å². The molecule has 4 heteroatoms. The molecule has 0 saturated carbocycles. The van der Waals surface area contributed by atoms with Crippen LogP contribution in [0.5, 0.6) is 0 Å². The molecule has 0 fully saturated rings. The number of benzene rings is 1. The summed E-state index contributed by atoms with van der Waals surface area (Å²) in [5.74, 6) is 2.58. The fourth-order valence-electron chi connectivity index (χ4n) is 2.34. The summed E-state index contributed by atoms with van der Waals surface area (Å²) in [5, 5.41) is 0. The van der Waals surface area contributed by atoms with Gasteiger partial charge in [0.25, 0.3) is 0 Å². The predicted octanol–water partition coefficient (Wildman–Crippen LogP) is 4.03. The minimum Gasteiger partial charge on any atom is -0.207 e. The summed E-state index contributed by atoms with van der Waals surface area (Å²) in [6.45, 7) is 4.11. The quantitative estimate of drug-likeness (QED) is 0.522. The van der Waals surface area contributed by atoms with Crippen molar-refractivity contribution in [2.45, 2.75) is 69.7 Å². The fourth-order valence-corrected chi connectivity index (χ4v) is 3.61. The Hall–Kier alpha value is -1.31. The highest BCUT2D eigenvalue weighted by molar-refractivity contribution is 7.89. The smallest absolute Gasteiger partial charge is 0.207 e. The highest BCUT2D eigenvalue weighted by atomic mass is 32.2. The maximum Gasteiger partial charge on any atom is 0.240 e. The van der Waals surface area contributed by atoms with Crippen LogP contribution in [0.15, 0.2) is 29.2 Å². The van der Waals surface area contributed by atoms with Gasteiger partial charge in [-0.05, 0) is 25.5 Å². The molecule has 0 saturated heterocycles. The summed E-state index contributed by atoms with van der Waals surface area (Å²) in [6, 6.07) is 6.68. The molecule has 0 aliphatic carbocycles. The summed E-state index contributed by atoms with van der Waals surface area (Å²) in [4.78, 5) is 0.297. The molecule has 0 bridgehead atoms. The van der Waals surface area contributed by atoms with Crippen LogP contribution in [0.25, 0.3) is 0 Å². The first-order chi connectivity index (χ1) is 10.5. The summed E-state index contributed by atoms with van der Waals surface area (Å²) >= 11 is 0. The zero-order chi connectivity index (χ0) is 16.4. The van der Waals surface area contributed by atoms with E-state index >= 15 is 0 Å². The largest absolute Gasteiger partial charge is 0.240 e. The van der Waals surface area contributed by atoms with Gasteiger partial charge < -0.3 is 0 Å². The van der Waals surface area contributed by atoms with Crippen molar-refractivity contribution in [3.05, 3.63) is 29.8 Å². The predicted molar refractivity (Wildman–Crippen MR) is 92.1 cm³/mol. The van der Waals surface area contributed by atoms with Gasteiger partial charge in [0.1, 0.15) is 0 Å². The van der Waals surface area contributed by atoms with Crippen molar-refractivity contribution in [2.75, 3.05) is 0 Å². The van der Waals surface area contributed by atoms with Gasteiger partial charge in [0.05, 0.1) is 4.90 Å². The van der Waals surface area contributed by atoms with Crippen LogP contribution in [0.4, 0.5) is 0 Å². The van der Waals surface area contributed by atoms with Gasteiger partial charge in [-0.3, -0.25) is 0 Å². The van der Waals surface area contributed by atoms with E-state index in [1.807, 2.05) is 6.92 Å². The first-order valence-corrected chi connectivity index (χ1v) is 9.50. The number of aryl methyl sites for hydroxylation is 1. The highest BCUT2D eigenvalue weighted by Crippen LogP contribution is 2.14. The Labute approximate surface area is 135 Å². The third kappa shape index (κ3) is 6.64. The van der Waals surface area contributed by atoms with Crippen LogP contribution in [0.3, 0.4) is 0 Å². The molecule has 1 atom stereocenters. The standard InChI is InChI=1S/C18H27NO2S/c1-4-6-7-8-9-11-17(10-5-2)19-22(20,21)18-14-12-16(3)13-15-18/h2,12-15,17,19H,4,6-11H2,1,3H3. The molecule has 0 aliphatic heterocycles. The minimum atomic E-state index is -3.49. The van der Waals surface area contributed by atoms with Crippen LogP contribution in [0, 0.1) is 19.3 Å².